The van der Waals surface area contributed by atoms with Gasteiger partial charge in [0.05, 0.1) is 22.1 Å². The van der Waals surface area contributed by atoms with Gasteiger partial charge in [-0.1, -0.05) is 200 Å². The normalized spacial score (nSPS) is 11.8. The molecule has 0 fully saturated rings. The molecule has 0 spiro atoms. The molecule has 0 bridgehead atoms. The Morgan fingerprint density at radius 1 is 0.246 bits per heavy atom. The first-order valence-electron chi connectivity index (χ1n) is 23.6. The number of rotatable bonds is 6. The second kappa shape index (κ2) is 15.7. The summed E-state index contributed by atoms with van der Waals surface area (Å²) < 4.78 is 2.37. The van der Waals surface area contributed by atoms with Crippen LogP contribution < -0.4 is 0 Å². The maximum atomic E-state index is 5.77. The third kappa shape index (κ3) is 6.58. The van der Waals surface area contributed by atoms with Gasteiger partial charge in [0, 0.05) is 16.3 Å². The minimum absolute atomic E-state index is 0.789. The minimum Gasteiger partial charge on any atom is -0.292 e. The molecule has 0 saturated carbocycles. The average Bonchev–Trinajstić information content (AvgIpc) is 3.73. The predicted molar refractivity (Wildman–Crippen MR) is 291 cm³/mol. The van der Waals surface area contributed by atoms with Crippen LogP contribution in [0.5, 0.6) is 0 Å². The summed E-state index contributed by atoms with van der Waals surface area (Å²) in [6.07, 6.45) is 0. The first kappa shape index (κ1) is 39.0. The van der Waals surface area contributed by atoms with E-state index >= 15 is 0 Å². The third-order valence-corrected chi connectivity index (χ3v) is 14.1. The number of benzene rings is 12. The van der Waals surface area contributed by atoms with Crippen LogP contribution in [0.3, 0.4) is 0 Å². The highest BCUT2D eigenvalue weighted by Gasteiger charge is 2.22. The van der Waals surface area contributed by atoms with Gasteiger partial charge in [-0.05, 0) is 136 Å². The molecule has 0 saturated heterocycles. The first-order chi connectivity index (χ1) is 34.2. The van der Waals surface area contributed by atoms with Gasteiger partial charge >= 0.3 is 0 Å². The fraction of sp³-hybridized carbons (Fsp3) is 0. The number of fused-ring (bicyclic) bond motifs is 9. The van der Waals surface area contributed by atoms with E-state index in [2.05, 4.69) is 253 Å². The Bertz CT molecular complexity index is 4340. The van der Waals surface area contributed by atoms with Crippen molar-refractivity contribution in [1.82, 2.24) is 14.5 Å². The maximum Gasteiger partial charge on any atom is 0.165 e. The molecule has 0 aliphatic heterocycles. The van der Waals surface area contributed by atoms with Gasteiger partial charge in [-0.25, -0.2) is 9.97 Å². The zero-order valence-corrected chi connectivity index (χ0v) is 37.5. The van der Waals surface area contributed by atoms with E-state index in [1.807, 2.05) is 0 Å². The van der Waals surface area contributed by atoms with Gasteiger partial charge in [-0.3, -0.25) is 4.57 Å². The first-order valence-corrected chi connectivity index (χ1v) is 23.6. The highest BCUT2D eigenvalue weighted by Crippen LogP contribution is 2.42. The van der Waals surface area contributed by atoms with Crippen molar-refractivity contribution in [2.24, 2.45) is 0 Å². The van der Waals surface area contributed by atoms with Crippen molar-refractivity contribution in [3.8, 4) is 61.6 Å². The summed E-state index contributed by atoms with van der Waals surface area (Å²) in [5.74, 6) is 0.789. The van der Waals surface area contributed by atoms with E-state index in [-0.39, 0.29) is 0 Å². The largest absolute Gasteiger partial charge is 0.292 e. The molecule has 0 N–H and O–H groups in total. The van der Waals surface area contributed by atoms with Crippen LogP contribution in [0.4, 0.5) is 0 Å². The lowest BCUT2D eigenvalue weighted by Gasteiger charge is -2.17. The topological polar surface area (TPSA) is 30.7 Å². The van der Waals surface area contributed by atoms with E-state index in [1.165, 1.54) is 65.3 Å². The molecular weight excluding hydrogens is 835 g/mol. The van der Waals surface area contributed by atoms with E-state index < -0.39 is 0 Å². The van der Waals surface area contributed by atoms with Gasteiger partial charge in [0.2, 0.25) is 0 Å². The Balaban J connectivity index is 1.03. The summed E-state index contributed by atoms with van der Waals surface area (Å²) in [4.78, 5) is 11.5. The lowest BCUT2D eigenvalue weighted by Crippen LogP contribution is -2.04. The lowest BCUT2D eigenvalue weighted by atomic mass is 9.92. The fourth-order valence-electron chi connectivity index (χ4n) is 10.6. The summed E-state index contributed by atoms with van der Waals surface area (Å²) in [7, 11) is 0. The monoisotopic (exact) mass is 875 g/mol. The Morgan fingerprint density at radius 3 is 1.45 bits per heavy atom. The molecule has 14 rings (SSSR count). The van der Waals surface area contributed by atoms with Crippen LogP contribution >= 0.6 is 0 Å². The van der Waals surface area contributed by atoms with Crippen molar-refractivity contribution >= 4 is 75.9 Å². The molecule has 0 aliphatic carbocycles. The molecule has 0 aliphatic rings. The van der Waals surface area contributed by atoms with Crippen LogP contribution in [0, 0.1) is 0 Å². The summed E-state index contributed by atoms with van der Waals surface area (Å²) >= 11 is 0. The Labute approximate surface area is 398 Å². The molecule has 3 nitrogen and oxygen atoms in total. The molecule has 3 heteroatoms. The van der Waals surface area contributed by atoms with Crippen LogP contribution in [-0.2, 0) is 0 Å². The SMILES string of the molecule is c1ccc(-c2ccc(-c3cc4nc(-c5ccc6ccccc6c5)c(-n5c6ccc(-c7ccc8ccc9ccccc9c8c7)cc6c6cc7ccccc7cc65)nc4cc3-c3ccccc3)cc2)cc1. The Kier molecular flexibility index (Phi) is 8.90. The Hall–Kier alpha value is -9.18. The molecule has 0 radical (unpaired) electrons. The quantitative estimate of drug-likeness (QED) is 0.156. The fourth-order valence-corrected chi connectivity index (χ4v) is 10.6. The predicted octanol–water partition coefficient (Wildman–Crippen LogP) is 17.7. The standard InChI is InChI=1S/C66H41N3/c1-3-13-42(14-4-1)44-23-26-48(27-24-44)58-40-61-62(41-57(58)45-16-5-2-6-17-45)68-66(65(67-61)54-32-25-43-15-7-8-19-49(43)35-54)69-63-34-33-53(38-59(63)60-37-50-20-9-10-21-51(50)39-64(60)69)52-31-30-47-29-28-46-18-11-12-22-55(46)56(47)36-52/h1-41H. The van der Waals surface area contributed by atoms with Gasteiger partial charge in [-0.2, -0.15) is 0 Å². The van der Waals surface area contributed by atoms with Crippen molar-refractivity contribution < 1.29 is 0 Å². The van der Waals surface area contributed by atoms with Gasteiger partial charge in [0.1, 0.15) is 5.69 Å². The van der Waals surface area contributed by atoms with E-state index in [0.29, 0.717) is 0 Å². The minimum atomic E-state index is 0.789. The van der Waals surface area contributed by atoms with Crippen molar-refractivity contribution in [3.05, 3.63) is 249 Å². The number of aromatic nitrogens is 3. The van der Waals surface area contributed by atoms with Crippen LogP contribution in [0.15, 0.2) is 249 Å². The van der Waals surface area contributed by atoms with Crippen molar-refractivity contribution in [3.63, 3.8) is 0 Å². The lowest BCUT2D eigenvalue weighted by molar-refractivity contribution is 1.08. The van der Waals surface area contributed by atoms with Crippen LogP contribution in [0.1, 0.15) is 0 Å². The zero-order valence-electron chi connectivity index (χ0n) is 37.5. The summed E-state index contributed by atoms with van der Waals surface area (Å²) in [6.45, 7) is 0. The van der Waals surface area contributed by atoms with Crippen molar-refractivity contribution in [1.29, 1.82) is 0 Å². The molecule has 2 aromatic heterocycles. The third-order valence-electron chi connectivity index (χ3n) is 14.1. The van der Waals surface area contributed by atoms with Gasteiger partial charge < -0.3 is 0 Å². The maximum absolute atomic E-state index is 5.77. The highest BCUT2D eigenvalue weighted by atomic mass is 15.1. The molecule has 0 atom stereocenters. The second-order valence-electron chi connectivity index (χ2n) is 18.2. The van der Waals surface area contributed by atoms with Crippen LogP contribution in [0.25, 0.3) is 138 Å². The van der Waals surface area contributed by atoms with Gasteiger partial charge in [0.15, 0.2) is 5.82 Å². The molecule has 14 aromatic rings. The number of hydrogen-bond donors (Lipinski definition) is 0. The van der Waals surface area contributed by atoms with E-state index in [1.54, 1.807) is 0 Å². The van der Waals surface area contributed by atoms with Gasteiger partial charge in [-0.15, -0.1) is 0 Å². The number of hydrogen-bond acceptors (Lipinski definition) is 2. The molecule has 69 heavy (non-hydrogen) atoms. The highest BCUT2D eigenvalue weighted by molar-refractivity contribution is 6.15. The summed E-state index contributed by atoms with van der Waals surface area (Å²) in [5, 5.41) is 12.0. The zero-order chi connectivity index (χ0) is 45.4. The van der Waals surface area contributed by atoms with E-state index in [4.69, 9.17) is 9.97 Å². The van der Waals surface area contributed by atoms with Crippen LogP contribution in [-0.4, -0.2) is 14.5 Å². The average molecular weight is 876 g/mol. The molecule has 0 amide bonds. The smallest absolute Gasteiger partial charge is 0.165 e. The molecule has 2 heterocycles. The number of nitrogens with zero attached hydrogens (tertiary/aromatic N) is 3. The summed E-state index contributed by atoms with van der Waals surface area (Å²) in [6, 6.07) is 90.1. The van der Waals surface area contributed by atoms with Crippen molar-refractivity contribution in [2.75, 3.05) is 0 Å². The second-order valence-corrected chi connectivity index (χ2v) is 18.2. The molecular formula is C66H41N3. The molecule has 0 unspecified atom stereocenters. The molecule has 320 valence electrons. The van der Waals surface area contributed by atoms with Crippen molar-refractivity contribution in [2.45, 2.75) is 0 Å². The van der Waals surface area contributed by atoms with Gasteiger partial charge in [0.25, 0.3) is 0 Å². The summed E-state index contributed by atoms with van der Waals surface area (Å²) in [5.41, 5.74) is 14.8. The Morgan fingerprint density at radius 2 is 0.710 bits per heavy atom. The molecule has 12 aromatic carbocycles. The van der Waals surface area contributed by atoms with E-state index in [0.717, 1.165) is 72.2 Å². The van der Waals surface area contributed by atoms with Crippen LogP contribution in [0.2, 0.25) is 0 Å². The van der Waals surface area contributed by atoms with E-state index in [9.17, 15) is 0 Å².